The van der Waals surface area contributed by atoms with Crippen molar-refractivity contribution in [3.63, 3.8) is 0 Å². The second kappa shape index (κ2) is 7.88. The first-order valence-electron chi connectivity index (χ1n) is 7.62. The van der Waals surface area contributed by atoms with Gasteiger partial charge in [0.1, 0.15) is 13.2 Å². The Kier molecular flexibility index (Phi) is 5.61. The summed E-state index contributed by atoms with van der Waals surface area (Å²) < 4.78 is 28.9. The van der Waals surface area contributed by atoms with Gasteiger partial charge in [-0.05, 0) is 36.1 Å². The molecule has 0 saturated carbocycles. The van der Waals surface area contributed by atoms with E-state index in [1.807, 2.05) is 48.5 Å². The van der Waals surface area contributed by atoms with Crippen LogP contribution in [0.5, 0.6) is 23.0 Å². The molecule has 3 rings (SSSR count). The third-order valence-electron chi connectivity index (χ3n) is 3.20. The van der Waals surface area contributed by atoms with Crippen molar-refractivity contribution >= 4 is 18.3 Å². The van der Waals surface area contributed by atoms with Crippen LogP contribution in [0.2, 0.25) is 0 Å². The normalized spacial score (nSPS) is 17.5. The Bertz CT molecular complexity index is 679. The molecular formula is C17H19O5PS. The highest BCUT2D eigenvalue weighted by Gasteiger charge is 2.20. The van der Waals surface area contributed by atoms with E-state index in [0.29, 0.717) is 49.4 Å². The van der Waals surface area contributed by atoms with Gasteiger partial charge in [-0.15, -0.1) is 0 Å². The largest absolute Gasteiger partial charge is 0.487 e. The fraction of sp³-hybridized carbons (Fsp3) is 0.294. The van der Waals surface area contributed by atoms with Crippen LogP contribution in [0.15, 0.2) is 48.5 Å². The fourth-order valence-corrected chi connectivity index (χ4v) is 3.72. The van der Waals surface area contributed by atoms with Crippen molar-refractivity contribution in [1.29, 1.82) is 0 Å². The lowest BCUT2D eigenvalue weighted by atomic mass is 10.3. The monoisotopic (exact) mass is 366 g/mol. The maximum Gasteiger partial charge on any atom is 0.285 e. The summed E-state index contributed by atoms with van der Waals surface area (Å²) in [6, 6.07) is 14.8. The van der Waals surface area contributed by atoms with E-state index in [0.717, 1.165) is 0 Å². The summed E-state index contributed by atoms with van der Waals surface area (Å²) in [5.74, 6) is 2.39. The van der Waals surface area contributed by atoms with Crippen molar-refractivity contribution in [1.82, 2.24) is 0 Å². The van der Waals surface area contributed by atoms with E-state index >= 15 is 0 Å². The molecular weight excluding hydrogens is 347 g/mol. The lowest BCUT2D eigenvalue weighted by Crippen LogP contribution is -2.13. The maximum absolute atomic E-state index is 5.97. The Morgan fingerprint density at radius 1 is 0.708 bits per heavy atom. The highest BCUT2D eigenvalue weighted by atomic mass is 32.5. The summed E-state index contributed by atoms with van der Waals surface area (Å²) in [6.45, 7) is 0.976. The number of hydrogen-bond donors (Lipinski definition) is 0. The van der Waals surface area contributed by atoms with Gasteiger partial charge < -0.3 is 23.3 Å². The molecule has 0 atom stereocenters. The molecule has 1 aliphatic heterocycles. The van der Waals surface area contributed by atoms with Gasteiger partial charge >= 0.3 is 0 Å². The van der Waals surface area contributed by atoms with Gasteiger partial charge in [0.05, 0.1) is 13.2 Å². The lowest BCUT2D eigenvalue weighted by molar-refractivity contribution is 0.0753. The molecule has 0 bridgehead atoms. The number of rotatable bonds is 0. The number of ether oxygens (including phenoxy) is 3. The van der Waals surface area contributed by atoms with Gasteiger partial charge in [0, 0.05) is 6.66 Å². The van der Waals surface area contributed by atoms with E-state index < -0.39 is 6.49 Å². The Labute approximate surface area is 146 Å². The van der Waals surface area contributed by atoms with Crippen molar-refractivity contribution in [2.75, 3.05) is 33.1 Å². The third kappa shape index (κ3) is 4.63. The van der Waals surface area contributed by atoms with Crippen LogP contribution in [0, 0.1) is 0 Å². The summed E-state index contributed by atoms with van der Waals surface area (Å²) in [5.41, 5.74) is 0. The first-order valence-corrected chi connectivity index (χ1v) is 10.7. The molecule has 1 heterocycles. The summed E-state index contributed by atoms with van der Waals surface area (Å²) >= 11 is 5.57. The van der Waals surface area contributed by atoms with Crippen molar-refractivity contribution < 1.29 is 23.3 Å². The number of hydrogen-bond acceptors (Lipinski definition) is 6. The van der Waals surface area contributed by atoms with E-state index in [-0.39, 0.29) is 0 Å². The predicted molar refractivity (Wildman–Crippen MR) is 96.2 cm³/mol. The topological polar surface area (TPSA) is 46.2 Å². The maximum atomic E-state index is 5.97. The molecule has 5 nitrogen and oxygen atoms in total. The molecule has 0 radical (unpaired) electrons. The molecule has 0 N–H and O–H groups in total. The fourth-order valence-electron chi connectivity index (χ4n) is 2.19. The molecule has 0 amide bonds. The smallest absolute Gasteiger partial charge is 0.285 e. The van der Waals surface area contributed by atoms with Crippen molar-refractivity contribution in [3.8, 4) is 23.0 Å². The number of para-hydroxylation sites is 4. The van der Waals surface area contributed by atoms with Crippen LogP contribution >= 0.6 is 6.49 Å². The first kappa shape index (κ1) is 17.1. The second-order valence-corrected chi connectivity index (χ2v) is 9.05. The van der Waals surface area contributed by atoms with Gasteiger partial charge in [0.15, 0.2) is 23.0 Å². The summed E-state index contributed by atoms with van der Waals surface area (Å²) in [7, 11) is 0. The number of fused-ring (bicyclic) bond motifs is 2. The van der Waals surface area contributed by atoms with Crippen LogP contribution in [0.1, 0.15) is 0 Å². The molecule has 128 valence electrons. The van der Waals surface area contributed by atoms with Crippen LogP contribution in [0.3, 0.4) is 0 Å². The molecule has 24 heavy (non-hydrogen) atoms. The van der Waals surface area contributed by atoms with Gasteiger partial charge in [0.2, 0.25) is 0 Å². The zero-order valence-electron chi connectivity index (χ0n) is 13.3. The van der Waals surface area contributed by atoms with Gasteiger partial charge in [-0.1, -0.05) is 24.3 Å². The first-order chi connectivity index (χ1) is 11.6. The zero-order valence-corrected chi connectivity index (χ0v) is 15.1. The van der Waals surface area contributed by atoms with E-state index in [2.05, 4.69) is 0 Å². The highest BCUT2D eigenvalue weighted by molar-refractivity contribution is 8.09. The molecule has 2 aromatic rings. The van der Waals surface area contributed by atoms with Crippen LogP contribution in [0.4, 0.5) is 0 Å². The predicted octanol–water partition coefficient (Wildman–Crippen LogP) is 3.87. The summed E-state index contributed by atoms with van der Waals surface area (Å²) in [6.07, 6.45) is 0. The summed E-state index contributed by atoms with van der Waals surface area (Å²) in [5, 5.41) is 0. The minimum absolute atomic E-state index is 0.421. The molecule has 0 fully saturated rings. The van der Waals surface area contributed by atoms with Crippen LogP contribution < -0.4 is 18.5 Å². The van der Waals surface area contributed by atoms with Gasteiger partial charge in [-0.2, -0.15) is 0 Å². The molecule has 0 saturated heterocycles. The van der Waals surface area contributed by atoms with Gasteiger partial charge in [-0.25, -0.2) is 0 Å². The summed E-state index contributed by atoms with van der Waals surface area (Å²) in [4.78, 5) is 0. The molecule has 7 heteroatoms. The highest BCUT2D eigenvalue weighted by Crippen LogP contribution is 2.49. The van der Waals surface area contributed by atoms with Crippen LogP contribution in [0.25, 0.3) is 0 Å². The van der Waals surface area contributed by atoms with Crippen molar-refractivity contribution in [3.05, 3.63) is 48.5 Å². The second-order valence-electron chi connectivity index (χ2n) is 5.16. The SMILES string of the molecule is CP1(=S)Oc2ccccc2OCCOCCOc2ccccc2O1. The Morgan fingerprint density at radius 3 is 1.58 bits per heavy atom. The molecule has 0 spiro atoms. The Hall–Kier alpha value is -1.75. The Morgan fingerprint density at radius 2 is 1.12 bits per heavy atom. The van der Waals surface area contributed by atoms with Crippen molar-refractivity contribution in [2.24, 2.45) is 0 Å². The van der Waals surface area contributed by atoms with E-state index in [1.165, 1.54) is 0 Å². The van der Waals surface area contributed by atoms with Crippen molar-refractivity contribution in [2.45, 2.75) is 0 Å². The van der Waals surface area contributed by atoms with E-state index in [4.69, 9.17) is 35.1 Å². The number of benzene rings is 2. The Balaban J connectivity index is 1.89. The van der Waals surface area contributed by atoms with Crippen LogP contribution in [-0.4, -0.2) is 33.1 Å². The average Bonchev–Trinajstić information content (AvgIpc) is 2.55. The van der Waals surface area contributed by atoms with Gasteiger partial charge in [-0.3, -0.25) is 0 Å². The van der Waals surface area contributed by atoms with Crippen LogP contribution in [-0.2, 0) is 16.5 Å². The quantitative estimate of drug-likeness (QED) is 0.660. The molecule has 0 unspecified atom stereocenters. The third-order valence-corrected chi connectivity index (χ3v) is 4.70. The molecule has 2 aromatic carbocycles. The zero-order chi connectivity index (χ0) is 16.8. The van der Waals surface area contributed by atoms with E-state index in [1.54, 1.807) is 6.66 Å². The minimum atomic E-state index is -2.59. The van der Waals surface area contributed by atoms with E-state index in [9.17, 15) is 0 Å². The standard InChI is InChI=1S/C17H19O5PS/c1-23(24)21-16-8-4-2-6-14(16)19-12-10-18-11-13-20-15-7-3-5-9-17(15)22-23/h2-9H,10-13H2,1H3. The molecule has 1 aliphatic rings. The molecule has 0 aliphatic carbocycles. The minimum Gasteiger partial charge on any atom is -0.487 e. The average molecular weight is 366 g/mol. The molecule has 0 aromatic heterocycles. The van der Waals surface area contributed by atoms with Gasteiger partial charge in [0.25, 0.3) is 6.49 Å². The lowest BCUT2D eigenvalue weighted by Gasteiger charge is -2.23.